The Morgan fingerprint density at radius 3 is 2.48 bits per heavy atom. The van der Waals surface area contributed by atoms with Crippen molar-refractivity contribution in [2.45, 2.75) is 26.9 Å². The highest BCUT2D eigenvalue weighted by Crippen LogP contribution is 2.27. The number of rotatable bonds is 5. The number of esters is 1. The molecule has 0 bridgehead atoms. The minimum atomic E-state index is -0.744. The molecule has 0 amide bonds. The molecule has 110 valence electrons. The van der Waals surface area contributed by atoms with E-state index in [9.17, 15) is 4.79 Å². The van der Waals surface area contributed by atoms with Gasteiger partial charge in [-0.3, -0.25) is 0 Å². The van der Waals surface area contributed by atoms with Crippen molar-refractivity contribution < 1.29 is 14.3 Å². The minimum absolute atomic E-state index is 0.332. The number of benzene rings is 2. The highest BCUT2D eigenvalue weighted by molar-refractivity contribution is 5.77. The van der Waals surface area contributed by atoms with E-state index in [1.807, 2.05) is 62.4 Å². The molecule has 0 aliphatic carbocycles. The Morgan fingerprint density at radius 2 is 1.81 bits per heavy atom. The molecular formula is C18H20O3. The number of aryl methyl sites for hydroxylation is 2. The molecule has 1 atom stereocenters. The van der Waals surface area contributed by atoms with Crippen LogP contribution in [0.15, 0.2) is 48.5 Å². The van der Waals surface area contributed by atoms with Crippen molar-refractivity contribution in [1.82, 2.24) is 0 Å². The van der Waals surface area contributed by atoms with Crippen LogP contribution in [0.3, 0.4) is 0 Å². The van der Waals surface area contributed by atoms with Crippen molar-refractivity contribution in [3.05, 3.63) is 65.2 Å². The lowest BCUT2D eigenvalue weighted by Gasteiger charge is -2.19. The number of ether oxygens (including phenoxy) is 2. The van der Waals surface area contributed by atoms with Crippen LogP contribution in [0.1, 0.15) is 29.7 Å². The van der Waals surface area contributed by atoms with E-state index in [4.69, 9.17) is 9.47 Å². The van der Waals surface area contributed by atoms with Crippen LogP contribution < -0.4 is 4.74 Å². The summed E-state index contributed by atoms with van der Waals surface area (Å²) in [6, 6.07) is 15.3. The van der Waals surface area contributed by atoms with Crippen molar-refractivity contribution in [3.63, 3.8) is 0 Å². The van der Waals surface area contributed by atoms with Crippen LogP contribution in [-0.2, 0) is 9.53 Å². The quantitative estimate of drug-likeness (QED) is 0.779. The molecule has 3 heteroatoms. The lowest BCUT2D eigenvalue weighted by molar-refractivity contribution is -0.151. The molecular weight excluding hydrogens is 264 g/mol. The zero-order valence-corrected chi connectivity index (χ0v) is 12.6. The average molecular weight is 284 g/mol. The summed E-state index contributed by atoms with van der Waals surface area (Å²) < 4.78 is 11.1. The van der Waals surface area contributed by atoms with E-state index < -0.39 is 6.10 Å². The van der Waals surface area contributed by atoms with Gasteiger partial charge in [-0.15, -0.1) is 0 Å². The Morgan fingerprint density at radius 1 is 1.10 bits per heavy atom. The second kappa shape index (κ2) is 6.93. The summed E-state index contributed by atoms with van der Waals surface area (Å²) in [6.07, 6.45) is -0.744. The molecule has 0 aliphatic rings. The van der Waals surface area contributed by atoms with Crippen molar-refractivity contribution in [2.75, 3.05) is 6.61 Å². The van der Waals surface area contributed by atoms with Gasteiger partial charge < -0.3 is 9.47 Å². The van der Waals surface area contributed by atoms with Crippen LogP contribution in [-0.4, -0.2) is 12.6 Å². The monoisotopic (exact) mass is 284 g/mol. The second-order valence-electron chi connectivity index (χ2n) is 4.93. The number of carbonyl (C=O) groups excluding carboxylic acids is 1. The Balaban J connectivity index is 2.32. The summed E-state index contributed by atoms with van der Waals surface area (Å²) in [5.74, 6) is 0.335. The van der Waals surface area contributed by atoms with E-state index >= 15 is 0 Å². The lowest BCUT2D eigenvalue weighted by Crippen LogP contribution is -2.21. The smallest absolute Gasteiger partial charge is 0.352 e. The molecule has 1 unspecified atom stereocenters. The summed E-state index contributed by atoms with van der Waals surface area (Å²) in [6.45, 7) is 6.08. The molecule has 0 radical (unpaired) electrons. The van der Waals surface area contributed by atoms with E-state index in [1.54, 1.807) is 6.92 Å². The lowest BCUT2D eigenvalue weighted by atomic mass is 10.1. The van der Waals surface area contributed by atoms with Gasteiger partial charge in [0, 0.05) is 5.56 Å². The maximum absolute atomic E-state index is 12.2. The molecule has 0 aliphatic heterocycles. The summed E-state index contributed by atoms with van der Waals surface area (Å²) >= 11 is 0. The maximum atomic E-state index is 12.2. The average Bonchev–Trinajstić information content (AvgIpc) is 2.49. The van der Waals surface area contributed by atoms with Crippen molar-refractivity contribution in [1.29, 1.82) is 0 Å². The van der Waals surface area contributed by atoms with Gasteiger partial charge in [-0.2, -0.15) is 0 Å². The Labute approximate surface area is 125 Å². The van der Waals surface area contributed by atoms with Gasteiger partial charge in [-0.05, 0) is 38.0 Å². The van der Waals surface area contributed by atoms with Crippen molar-refractivity contribution >= 4 is 5.97 Å². The van der Waals surface area contributed by atoms with E-state index in [1.165, 1.54) is 0 Å². The molecule has 0 saturated carbocycles. The van der Waals surface area contributed by atoms with E-state index in [-0.39, 0.29) is 5.97 Å². The Bertz CT molecular complexity index is 605. The van der Waals surface area contributed by atoms with Crippen LogP contribution >= 0.6 is 0 Å². The molecule has 0 aromatic heterocycles. The minimum Gasteiger partial charge on any atom is -0.474 e. The van der Waals surface area contributed by atoms with E-state index in [2.05, 4.69) is 0 Å². The topological polar surface area (TPSA) is 35.5 Å². The zero-order chi connectivity index (χ0) is 15.2. The highest BCUT2D eigenvalue weighted by atomic mass is 16.6. The van der Waals surface area contributed by atoms with Crippen molar-refractivity contribution in [3.8, 4) is 5.75 Å². The Kier molecular flexibility index (Phi) is 4.99. The summed E-state index contributed by atoms with van der Waals surface area (Å²) in [5, 5.41) is 0. The summed E-state index contributed by atoms with van der Waals surface area (Å²) in [5.41, 5.74) is 2.87. The largest absolute Gasteiger partial charge is 0.474 e. The normalized spacial score (nSPS) is 11.8. The molecule has 21 heavy (non-hydrogen) atoms. The third kappa shape index (κ3) is 3.85. The standard InChI is InChI=1S/C18H20O3/c1-4-20-18(19)17(15-8-6-5-7-9-15)21-16-12-13(2)10-11-14(16)3/h5-12,17H,4H2,1-3H3. The first-order valence-electron chi connectivity index (χ1n) is 7.07. The highest BCUT2D eigenvalue weighted by Gasteiger charge is 2.24. The first-order valence-corrected chi connectivity index (χ1v) is 7.07. The number of hydrogen-bond donors (Lipinski definition) is 0. The maximum Gasteiger partial charge on any atom is 0.352 e. The number of hydrogen-bond acceptors (Lipinski definition) is 3. The number of carbonyl (C=O) groups is 1. The fourth-order valence-electron chi connectivity index (χ4n) is 2.06. The van der Waals surface area contributed by atoms with Gasteiger partial charge in [0.2, 0.25) is 6.10 Å². The molecule has 0 fully saturated rings. The van der Waals surface area contributed by atoms with Crippen LogP contribution in [0.4, 0.5) is 0 Å². The molecule has 0 spiro atoms. The fraction of sp³-hybridized carbons (Fsp3) is 0.278. The molecule has 2 aromatic rings. The third-order valence-corrected chi connectivity index (χ3v) is 3.19. The second-order valence-corrected chi connectivity index (χ2v) is 4.93. The summed E-state index contributed by atoms with van der Waals surface area (Å²) in [7, 11) is 0. The van der Waals surface area contributed by atoms with Crippen molar-refractivity contribution in [2.24, 2.45) is 0 Å². The van der Waals surface area contributed by atoms with Crippen LogP contribution in [0, 0.1) is 13.8 Å². The van der Waals surface area contributed by atoms with Gasteiger partial charge >= 0.3 is 5.97 Å². The fourth-order valence-corrected chi connectivity index (χ4v) is 2.06. The molecule has 0 heterocycles. The third-order valence-electron chi connectivity index (χ3n) is 3.19. The van der Waals surface area contributed by atoms with Crippen LogP contribution in [0.25, 0.3) is 0 Å². The molecule has 0 N–H and O–H groups in total. The SMILES string of the molecule is CCOC(=O)C(Oc1cc(C)ccc1C)c1ccccc1. The first-order chi connectivity index (χ1) is 10.1. The molecule has 2 rings (SSSR count). The molecule has 0 saturated heterocycles. The van der Waals surface area contributed by atoms with Gasteiger partial charge in [-0.1, -0.05) is 42.5 Å². The Hall–Kier alpha value is -2.29. The van der Waals surface area contributed by atoms with Gasteiger partial charge in [-0.25, -0.2) is 4.79 Å². The van der Waals surface area contributed by atoms with Gasteiger partial charge in [0.25, 0.3) is 0 Å². The van der Waals surface area contributed by atoms with Crippen LogP contribution in [0.2, 0.25) is 0 Å². The predicted molar refractivity (Wildman–Crippen MR) is 82.4 cm³/mol. The van der Waals surface area contributed by atoms with E-state index in [0.717, 1.165) is 16.7 Å². The van der Waals surface area contributed by atoms with Gasteiger partial charge in [0.15, 0.2) is 0 Å². The first kappa shape index (κ1) is 15.1. The van der Waals surface area contributed by atoms with Gasteiger partial charge in [0.1, 0.15) is 5.75 Å². The van der Waals surface area contributed by atoms with Gasteiger partial charge in [0.05, 0.1) is 6.61 Å². The van der Waals surface area contributed by atoms with E-state index in [0.29, 0.717) is 12.4 Å². The molecule has 3 nitrogen and oxygen atoms in total. The zero-order valence-electron chi connectivity index (χ0n) is 12.6. The molecule has 2 aromatic carbocycles. The van der Waals surface area contributed by atoms with Crippen LogP contribution in [0.5, 0.6) is 5.75 Å². The summed E-state index contributed by atoms with van der Waals surface area (Å²) in [4.78, 5) is 12.2. The predicted octanol–water partition coefficient (Wildman–Crippen LogP) is 3.99.